The molecule has 126 valence electrons. The molecule has 2 rings (SSSR count). The molecule has 0 bridgehead atoms. The number of nitrogens with one attached hydrogen (secondary N) is 3. The van der Waals surface area contributed by atoms with E-state index in [-0.39, 0.29) is 29.8 Å². The van der Waals surface area contributed by atoms with Gasteiger partial charge in [-0.3, -0.25) is 9.59 Å². The number of nitrogens with zero attached hydrogens (tertiary/aromatic N) is 1. The Morgan fingerprint density at radius 2 is 2.09 bits per heavy atom. The molecule has 23 heavy (non-hydrogen) atoms. The van der Waals surface area contributed by atoms with Crippen molar-refractivity contribution < 1.29 is 9.59 Å². The Balaban J connectivity index is 2.03. The zero-order chi connectivity index (χ0) is 16.8. The quantitative estimate of drug-likeness (QED) is 0.775. The number of carbonyl (C=O) groups excluding carboxylic acids is 2. The predicted octanol–water partition coefficient (Wildman–Crippen LogP) is 1.94. The van der Waals surface area contributed by atoms with E-state index in [0.717, 1.165) is 25.7 Å². The molecule has 2 unspecified atom stereocenters. The number of hydrogen-bond acceptors (Lipinski definition) is 4. The minimum atomic E-state index is -0.162. The van der Waals surface area contributed by atoms with Crippen LogP contribution in [0.1, 0.15) is 49.9 Å². The number of amides is 2. The summed E-state index contributed by atoms with van der Waals surface area (Å²) in [5.41, 5.74) is 0.531. The van der Waals surface area contributed by atoms with Crippen molar-refractivity contribution >= 4 is 17.6 Å². The Bertz CT molecular complexity index is 559. The Labute approximate surface area is 137 Å². The van der Waals surface area contributed by atoms with Crippen LogP contribution in [0.15, 0.2) is 18.3 Å². The van der Waals surface area contributed by atoms with Crippen molar-refractivity contribution in [3.8, 4) is 0 Å². The maximum absolute atomic E-state index is 12.2. The first-order valence-corrected chi connectivity index (χ1v) is 8.25. The monoisotopic (exact) mass is 318 g/mol. The van der Waals surface area contributed by atoms with Crippen molar-refractivity contribution in [1.82, 2.24) is 15.6 Å². The van der Waals surface area contributed by atoms with Gasteiger partial charge in [0.1, 0.15) is 5.82 Å². The molecular formula is C17H26N4O2. The molecule has 1 heterocycles. The molecule has 0 saturated heterocycles. The number of hydrogen-bond donors (Lipinski definition) is 3. The van der Waals surface area contributed by atoms with E-state index in [1.165, 1.54) is 0 Å². The predicted molar refractivity (Wildman–Crippen MR) is 90.3 cm³/mol. The summed E-state index contributed by atoms with van der Waals surface area (Å²) in [5.74, 6) is 0.571. The SMILES string of the molecule is CNC(=O)c1cccnc1NC1CCCC(C(=O)NC(C)C)C1. The molecule has 6 heteroatoms. The summed E-state index contributed by atoms with van der Waals surface area (Å²) < 4.78 is 0. The first kappa shape index (κ1) is 17.2. The van der Waals surface area contributed by atoms with E-state index in [4.69, 9.17) is 0 Å². The lowest BCUT2D eigenvalue weighted by Crippen LogP contribution is -2.40. The Morgan fingerprint density at radius 1 is 1.30 bits per heavy atom. The highest BCUT2D eigenvalue weighted by Crippen LogP contribution is 2.27. The van der Waals surface area contributed by atoms with Crippen LogP contribution in [0.5, 0.6) is 0 Å². The Hall–Kier alpha value is -2.11. The highest BCUT2D eigenvalue weighted by Gasteiger charge is 2.28. The largest absolute Gasteiger partial charge is 0.367 e. The minimum absolute atomic E-state index is 0.0239. The second kappa shape index (κ2) is 7.94. The molecule has 0 aromatic carbocycles. The first-order chi connectivity index (χ1) is 11.0. The van der Waals surface area contributed by atoms with Gasteiger partial charge < -0.3 is 16.0 Å². The van der Waals surface area contributed by atoms with Crippen LogP contribution < -0.4 is 16.0 Å². The van der Waals surface area contributed by atoms with Gasteiger partial charge >= 0.3 is 0 Å². The summed E-state index contributed by atoms with van der Waals surface area (Å²) in [5, 5.41) is 8.96. The summed E-state index contributed by atoms with van der Waals surface area (Å²) >= 11 is 0. The van der Waals surface area contributed by atoms with Gasteiger partial charge in [-0.15, -0.1) is 0 Å². The van der Waals surface area contributed by atoms with Crippen molar-refractivity contribution in [1.29, 1.82) is 0 Å². The van der Waals surface area contributed by atoms with E-state index in [9.17, 15) is 9.59 Å². The topological polar surface area (TPSA) is 83.1 Å². The number of carbonyl (C=O) groups is 2. The lowest BCUT2D eigenvalue weighted by molar-refractivity contribution is -0.126. The van der Waals surface area contributed by atoms with Crippen molar-refractivity contribution in [3.05, 3.63) is 23.9 Å². The third kappa shape index (κ3) is 4.68. The lowest BCUT2D eigenvalue weighted by Gasteiger charge is -2.30. The van der Waals surface area contributed by atoms with Crippen LogP contribution >= 0.6 is 0 Å². The fraction of sp³-hybridized carbons (Fsp3) is 0.588. The molecule has 1 fully saturated rings. The molecule has 6 nitrogen and oxygen atoms in total. The van der Waals surface area contributed by atoms with Gasteiger partial charge in [-0.25, -0.2) is 4.98 Å². The normalized spacial score (nSPS) is 20.9. The Kier molecular flexibility index (Phi) is 5.96. The number of aromatic nitrogens is 1. The average Bonchev–Trinajstić information content (AvgIpc) is 2.54. The second-order valence-corrected chi connectivity index (χ2v) is 6.35. The van der Waals surface area contributed by atoms with Crippen LogP contribution in [0.2, 0.25) is 0 Å². The summed E-state index contributed by atoms with van der Waals surface area (Å²) in [6.07, 6.45) is 5.33. The zero-order valence-electron chi connectivity index (χ0n) is 14.1. The smallest absolute Gasteiger partial charge is 0.254 e. The lowest BCUT2D eigenvalue weighted by atomic mass is 9.85. The standard InChI is InChI=1S/C17H26N4O2/c1-11(2)20-16(22)12-6-4-7-13(10-12)21-15-14(17(23)18-3)8-5-9-19-15/h5,8-9,11-13H,4,6-7,10H2,1-3H3,(H,18,23)(H,19,21)(H,20,22). The third-order valence-corrected chi connectivity index (χ3v) is 4.10. The van der Waals surface area contributed by atoms with Gasteiger partial charge in [0.25, 0.3) is 5.91 Å². The van der Waals surface area contributed by atoms with Crippen LogP contribution in [0.3, 0.4) is 0 Å². The molecule has 2 atom stereocenters. The van der Waals surface area contributed by atoms with E-state index in [1.54, 1.807) is 25.4 Å². The number of rotatable bonds is 5. The van der Waals surface area contributed by atoms with Gasteiger partial charge in [-0.05, 0) is 45.2 Å². The molecule has 2 amide bonds. The van der Waals surface area contributed by atoms with E-state index >= 15 is 0 Å². The summed E-state index contributed by atoms with van der Waals surface area (Å²) in [6.45, 7) is 3.94. The zero-order valence-corrected chi connectivity index (χ0v) is 14.1. The van der Waals surface area contributed by atoms with Gasteiger partial charge in [0.2, 0.25) is 5.91 Å². The number of pyridine rings is 1. The highest BCUT2D eigenvalue weighted by molar-refractivity contribution is 5.98. The molecule has 1 aromatic heterocycles. The van der Waals surface area contributed by atoms with Crippen LogP contribution in [-0.4, -0.2) is 35.9 Å². The van der Waals surface area contributed by atoms with E-state index in [1.807, 2.05) is 13.8 Å². The molecule has 1 aromatic rings. The van der Waals surface area contributed by atoms with Gasteiger partial charge in [0.15, 0.2) is 0 Å². The molecule has 1 aliphatic rings. The maximum atomic E-state index is 12.2. The van der Waals surface area contributed by atoms with Crippen LogP contribution in [-0.2, 0) is 4.79 Å². The van der Waals surface area contributed by atoms with Gasteiger partial charge in [0.05, 0.1) is 5.56 Å². The first-order valence-electron chi connectivity index (χ1n) is 8.25. The summed E-state index contributed by atoms with van der Waals surface area (Å²) in [6, 6.07) is 3.81. The van der Waals surface area contributed by atoms with E-state index in [0.29, 0.717) is 11.4 Å². The van der Waals surface area contributed by atoms with Crippen LogP contribution in [0.4, 0.5) is 5.82 Å². The molecular weight excluding hydrogens is 292 g/mol. The Morgan fingerprint density at radius 3 is 2.78 bits per heavy atom. The van der Waals surface area contributed by atoms with Crippen molar-refractivity contribution in [2.75, 3.05) is 12.4 Å². The van der Waals surface area contributed by atoms with Gasteiger partial charge in [-0.2, -0.15) is 0 Å². The van der Waals surface area contributed by atoms with Gasteiger partial charge in [0, 0.05) is 31.2 Å². The van der Waals surface area contributed by atoms with Gasteiger partial charge in [-0.1, -0.05) is 6.42 Å². The maximum Gasteiger partial charge on any atom is 0.254 e. The fourth-order valence-corrected chi connectivity index (χ4v) is 2.99. The number of anilines is 1. The van der Waals surface area contributed by atoms with Crippen LogP contribution in [0.25, 0.3) is 0 Å². The highest BCUT2D eigenvalue weighted by atomic mass is 16.2. The average molecular weight is 318 g/mol. The van der Waals surface area contributed by atoms with Crippen molar-refractivity contribution in [3.63, 3.8) is 0 Å². The van der Waals surface area contributed by atoms with Crippen molar-refractivity contribution in [2.45, 2.75) is 51.6 Å². The molecule has 3 N–H and O–H groups in total. The van der Waals surface area contributed by atoms with Crippen molar-refractivity contribution in [2.24, 2.45) is 5.92 Å². The van der Waals surface area contributed by atoms with E-state index in [2.05, 4.69) is 20.9 Å². The molecule has 1 aliphatic carbocycles. The summed E-state index contributed by atoms with van der Waals surface area (Å²) in [7, 11) is 1.60. The minimum Gasteiger partial charge on any atom is -0.367 e. The third-order valence-electron chi connectivity index (χ3n) is 4.10. The van der Waals surface area contributed by atoms with Crippen LogP contribution in [0, 0.1) is 5.92 Å². The molecule has 0 radical (unpaired) electrons. The molecule has 0 aliphatic heterocycles. The summed E-state index contributed by atoms with van der Waals surface area (Å²) in [4.78, 5) is 28.4. The fourth-order valence-electron chi connectivity index (χ4n) is 2.99. The molecule has 0 spiro atoms. The second-order valence-electron chi connectivity index (χ2n) is 6.35. The molecule has 1 saturated carbocycles. The van der Waals surface area contributed by atoms with E-state index < -0.39 is 0 Å².